The van der Waals surface area contributed by atoms with Crippen LogP contribution in [0.3, 0.4) is 0 Å². The van der Waals surface area contributed by atoms with Gasteiger partial charge in [0.25, 0.3) is 0 Å². The Bertz CT molecular complexity index is 263. The third-order valence-electron chi connectivity index (χ3n) is 1.43. The van der Waals surface area contributed by atoms with Crippen LogP contribution < -0.4 is 15.8 Å². The Labute approximate surface area is 84.3 Å². The summed E-state index contributed by atoms with van der Waals surface area (Å²) in [6.45, 7) is 2.45. The lowest BCUT2D eigenvalue weighted by Gasteiger charge is -2.05. The number of hydrogen-bond donors (Lipinski definition) is 3. The van der Waals surface area contributed by atoms with Gasteiger partial charge in [-0.1, -0.05) is 6.92 Å². The second kappa shape index (κ2) is 6.74. The van der Waals surface area contributed by atoms with E-state index in [-0.39, 0.29) is 31.2 Å². The molecule has 0 saturated carbocycles. The van der Waals surface area contributed by atoms with Crippen LogP contribution >= 0.6 is 0 Å². The van der Waals surface area contributed by atoms with Crippen LogP contribution in [0, 0.1) is 0 Å². The molecule has 6 nitrogen and oxygen atoms in total. The van der Waals surface area contributed by atoms with Crippen LogP contribution in [0.4, 0.5) is 0 Å². The second-order valence-electron chi connectivity index (χ2n) is 2.71. The van der Waals surface area contributed by atoms with Crippen molar-refractivity contribution in [3.8, 4) is 0 Å². The van der Waals surface area contributed by atoms with Crippen molar-refractivity contribution in [3.63, 3.8) is 0 Å². The number of nitrogens with two attached hydrogens (primary N) is 1. The zero-order valence-corrected chi connectivity index (χ0v) is 9.06. The summed E-state index contributed by atoms with van der Waals surface area (Å²) in [7, 11) is -3.24. The molecule has 0 aromatic heterocycles. The highest BCUT2D eigenvalue weighted by Crippen LogP contribution is 1.82. The summed E-state index contributed by atoms with van der Waals surface area (Å²) in [5.74, 6) is -0.323. The zero-order valence-electron chi connectivity index (χ0n) is 8.25. The molecular weight excluding hydrogens is 206 g/mol. The van der Waals surface area contributed by atoms with Gasteiger partial charge in [-0.25, -0.2) is 13.1 Å². The zero-order chi connectivity index (χ0) is 11.0. The molecule has 0 aromatic carbocycles. The summed E-state index contributed by atoms with van der Waals surface area (Å²) >= 11 is 0. The first-order chi connectivity index (χ1) is 6.52. The van der Waals surface area contributed by atoms with Gasteiger partial charge in [-0.2, -0.15) is 0 Å². The molecule has 0 atom stereocenters. The SMILES string of the molecule is CCNS(=O)(=O)CCNC(=O)CCN. The summed E-state index contributed by atoms with van der Waals surface area (Å²) in [5.41, 5.74) is 5.14. The number of hydrogen-bond acceptors (Lipinski definition) is 4. The molecule has 0 saturated heterocycles. The van der Waals surface area contributed by atoms with Crippen molar-refractivity contribution in [1.29, 1.82) is 0 Å². The van der Waals surface area contributed by atoms with E-state index in [0.29, 0.717) is 6.54 Å². The van der Waals surface area contributed by atoms with Gasteiger partial charge in [0.05, 0.1) is 5.75 Å². The maximum atomic E-state index is 11.1. The van der Waals surface area contributed by atoms with Crippen LogP contribution in [0.2, 0.25) is 0 Å². The predicted octanol–water partition coefficient (Wildman–Crippen LogP) is -1.61. The number of carbonyl (C=O) groups is 1. The molecular formula is C7H17N3O3S. The number of nitrogens with one attached hydrogen (secondary N) is 2. The highest BCUT2D eigenvalue weighted by molar-refractivity contribution is 7.89. The molecule has 0 rings (SSSR count). The Morgan fingerprint density at radius 3 is 2.57 bits per heavy atom. The second-order valence-corrected chi connectivity index (χ2v) is 4.63. The first-order valence-electron chi connectivity index (χ1n) is 4.46. The fourth-order valence-electron chi connectivity index (χ4n) is 0.836. The summed E-state index contributed by atoms with van der Waals surface area (Å²) < 4.78 is 24.5. The van der Waals surface area contributed by atoms with E-state index in [1.54, 1.807) is 6.92 Å². The van der Waals surface area contributed by atoms with Gasteiger partial charge in [0.15, 0.2) is 0 Å². The summed E-state index contributed by atoms with van der Waals surface area (Å²) in [4.78, 5) is 10.9. The molecule has 0 aliphatic heterocycles. The average Bonchev–Trinajstić information content (AvgIpc) is 2.03. The molecule has 0 unspecified atom stereocenters. The Hall–Kier alpha value is -0.660. The normalized spacial score (nSPS) is 11.3. The van der Waals surface area contributed by atoms with Crippen LogP contribution in [-0.4, -0.2) is 39.7 Å². The van der Waals surface area contributed by atoms with E-state index >= 15 is 0 Å². The average molecular weight is 223 g/mol. The summed E-state index contributed by atoms with van der Waals surface area (Å²) in [5, 5.41) is 2.46. The van der Waals surface area contributed by atoms with Crippen molar-refractivity contribution in [3.05, 3.63) is 0 Å². The summed E-state index contributed by atoms with van der Waals surface area (Å²) in [6, 6.07) is 0. The number of rotatable bonds is 7. The Balaban J connectivity index is 3.68. The molecule has 0 radical (unpaired) electrons. The van der Waals surface area contributed by atoms with Gasteiger partial charge < -0.3 is 11.1 Å². The van der Waals surface area contributed by atoms with E-state index in [1.807, 2.05) is 0 Å². The van der Waals surface area contributed by atoms with Gasteiger partial charge in [-0.15, -0.1) is 0 Å². The minimum atomic E-state index is -3.24. The van der Waals surface area contributed by atoms with E-state index in [2.05, 4.69) is 10.0 Å². The highest BCUT2D eigenvalue weighted by Gasteiger charge is 2.08. The van der Waals surface area contributed by atoms with Gasteiger partial charge in [0.1, 0.15) is 0 Å². The first-order valence-corrected chi connectivity index (χ1v) is 6.11. The van der Waals surface area contributed by atoms with Crippen LogP contribution in [0.5, 0.6) is 0 Å². The number of sulfonamides is 1. The maximum Gasteiger partial charge on any atom is 0.221 e. The van der Waals surface area contributed by atoms with E-state index in [1.165, 1.54) is 0 Å². The van der Waals surface area contributed by atoms with Crippen LogP contribution in [0.1, 0.15) is 13.3 Å². The molecule has 0 aliphatic carbocycles. The molecule has 14 heavy (non-hydrogen) atoms. The van der Waals surface area contributed by atoms with Crippen LogP contribution in [0.15, 0.2) is 0 Å². The Morgan fingerprint density at radius 1 is 1.43 bits per heavy atom. The first kappa shape index (κ1) is 13.3. The van der Waals surface area contributed by atoms with Crippen LogP contribution in [-0.2, 0) is 14.8 Å². The predicted molar refractivity (Wildman–Crippen MR) is 54.1 cm³/mol. The van der Waals surface area contributed by atoms with Crippen LogP contribution in [0.25, 0.3) is 0 Å². The van der Waals surface area contributed by atoms with Crippen molar-refractivity contribution < 1.29 is 13.2 Å². The molecule has 0 fully saturated rings. The third kappa shape index (κ3) is 6.81. The highest BCUT2D eigenvalue weighted by atomic mass is 32.2. The number of amides is 1. The van der Waals surface area contributed by atoms with E-state index in [0.717, 1.165) is 0 Å². The molecule has 84 valence electrons. The maximum absolute atomic E-state index is 11.1. The third-order valence-corrected chi connectivity index (χ3v) is 2.90. The van der Waals surface area contributed by atoms with E-state index < -0.39 is 10.0 Å². The van der Waals surface area contributed by atoms with E-state index in [4.69, 9.17) is 5.73 Å². The fourth-order valence-corrected chi connectivity index (χ4v) is 1.79. The van der Waals surface area contributed by atoms with Crippen molar-refractivity contribution in [2.75, 3.05) is 25.4 Å². The molecule has 0 heterocycles. The molecule has 0 aromatic rings. The molecule has 1 amide bonds. The van der Waals surface area contributed by atoms with Gasteiger partial charge in [-0.05, 0) is 0 Å². The largest absolute Gasteiger partial charge is 0.355 e. The van der Waals surface area contributed by atoms with E-state index in [9.17, 15) is 13.2 Å². The lowest BCUT2D eigenvalue weighted by Crippen LogP contribution is -2.34. The standard InChI is InChI=1S/C7H17N3O3S/c1-2-10-14(12,13)6-5-9-7(11)3-4-8/h10H,2-6,8H2,1H3,(H,9,11). The van der Waals surface area contributed by atoms with Crippen molar-refractivity contribution in [2.45, 2.75) is 13.3 Å². The summed E-state index contributed by atoms with van der Waals surface area (Å²) in [6.07, 6.45) is 0.223. The number of carbonyl (C=O) groups excluding carboxylic acids is 1. The molecule has 7 heteroatoms. The Morgan fingerprint density at radius 2 is 2.07 bits per heavy atom. The Kier molecular flexibility index (Phi) is 6.43. The monoisotopic (exact) mass is 223 g/mol. The molecule has 4 N–H and O–H groups in total. The van der Waals surface area contributed by atoms with Gasteiger partial charge >= 0.3 is 0 Å². The minimum Gasteiger partial charge on any atom is -0.355 e. The van der Waals surface area contributed by atoms with Crippen molar-refractivity contribution >= 4 is 15.9 Å². The smallest absolute Gasteiger partial charge is 0.221 e. The van der Waals surface area contributed by atoms with Gasteiger partial charge in [0, 0.05) is 26.1 Å². The quantitative estimate of drug-likeness (QED) is 0.483. The molecule has 0 spiro atoms. The van der Waals surface area contributed by atoms with Gasteiger partial charge in [-0.3, -0.25) is 4.79 Å². The lowest BCUT2D eigenvalue weighted by molar-refractivity contribution is -0.120. The van der Waals surface area contributed by atoms with Crippen molar-refractivity contribution in [2.24, 2.45) is 5.73 Å². The van der Waals surface area contributed by atoms with Crippen molar-refractivity contribution in [1.82, 2.24) is 10.0 Å². The minimum absolute atomic E-state index is 0.100. The topological polar surface area (TPSA) is 101 Å². The fraction of sp³-hybridized carbons (Fsp3) is 0.857. The lowest BCUT2D eigenvalue weighted by atomic mass is 10.4. The molecule has 0 bridgehead atoms. The van der Waals surface area contributed by atoms with Gasteiger partial charge in [0.2, 0.25) is 15.9 Å². The molecule has 0 aliphatic rings.